The summed E-state index contributed by atoms with van der Waals surface area (Å²) in [6.07, 6.45) is 22.9. The van der Waals surface area contributed by atoms with Gasteiger partial charge in [-0.15, -0.1) is 0 Å². The molecule has 2 amide bonds. The zero-order valence-electron chi connectivity index (χ0n) is 55.7. The Morgan fingerprint density at radius 2 is 0.667 bits per heavy atom. The van der Waals surface area contributed by atoms with Crippen molar-refractivity contribution in [2.45, 2.75) is 142 Å². The van der Waals surface area contributed by atoms with Gasteiger partial charge in [-0.3, -0.25) is 9.59 Å². The summed E-state index contributed by atoms with van der Waals surface area (Å²) in [4.78, 5) is 52.5. The number of nitrogens with two attached hydrogens (primary N) is 2. The molecule has 0 saturated carbocycles. The van der Waals surface area contributed by atoms with Crippen LogP contribution in [-0.2, 0) is 13.1 Å². The first-order chi connectivity index (χ1) is 43.8. The van der Waals surface area contributed by atoms with Gasteiger partial charge in [-0.25, -0.2) is 9.97 Å². The van der Waals surface area contributed by atoms with Crippen LogP contribution < -0.4 is 61.5 Å². The second kappa shape index (κ2) is 40.5. The SMILES string of the molecule is COc1cc2nc(N(C)CCCCCCN(C)C(=O)c3ccc(CNCCCCCCNCCCCCCNCCCCCCNCc4ccc(C(=O)N(C)CCCCCCN(C)c5nc(N)c6cc(OC)c(OC)cc6n5)cc4)cc3)nc(N)c2cc1OC. The monoisotopic (exact) mass is 1240 g/mol. The van der Waals surface area contributed by atoms with E-state index in [1.165, 1.54) is 88.2 Å². The topological polar surface area (TPSA) is 236 Å². The predicted octanol–water partition coefficient (Wildman–Crippen LogP) is 11.0. The number of carbonyl (C=O) groups is 2. The van der Waals surface area contributed by atoms with Crippen LogP contribution in [0.3, 0.4) is 0 Å². The lowest BCUT2D eigenvalue weighted by Crippen LogP contribution is -2.27. The van der Waals surface area contributed by atoms with Gasteiger partial charge in [0.05, 0.1) is 39.5 Å². The number of nitrogens with zero attached hydrogens (tertiary/aromatic N) is 8. The molecule has 0 saturated heterocycles. The number of nitrogens with one attached hydrogen (secondary N) is 4. The second-order valence-electron chi connectivity index (χ2n) is 23.9. The Hall–Kier alpha value is -7.26. The van der Waals surface area contributed by atoms with E-state index in [2.05, 4.69) is 55.5 Å². The highest BCUT2D eigenvalue weighted by molar-refractivity contribution is 5.95. The molecule has 0 unspecified atom stereocenters. The molecule has 90 heavy (non-hydrogen) atoms. The van der Waals surface area contributed by atoms with E-state index in [0.29, 0.717) is 57.6 Å². The van der Waals surface area contributed by atoms with Crippen LogP contribution in [0.4, 0.5) is 23.5 Å². The number of carbonyl (C=O) groups excluding carboxylic acids is 2. The van der Waals surface area contributed by atoms with Gasteiger partial charge in [-0.2, -0.15) is 9.97 Å². The van der Waals surface area contributed by atoms with Crippen LogP contribution in [0.25, 0.3) is 21.8 Å². The number of benzene rings is 4. The van der Waals surface area contributed by atoms with Gasteiger partial charge >= 0.3 is 0 Å². The van der Waals surface area contributed by atoms with Gasteiger partial charge in [-0.1, -0.05) is 88.5 Å². The molecule has 494 valence electrons. The zero-order valence-corrected chi connectivity index (χ0v) is 55.7. The maximum absolute atomic E-state index is 13.1. The maximum atomic E-state index is 13.1. The van der Waals surface area contributed by atoms with Gasteiger partial charge in [0.25, 0.3) is 11.8 Å². The number of hydrogen-bond donors (Lipinski definition) is 6. The molecule has 20 nitrogen and oxygen atoms in total. The number of nitrogen functional groups attached to an aromatic ring is 2. The third-order valence-corrected chi connectivity index (χ3v) is 16.7. The van der Waals surface area contributed by atoms with Crippen molar-refractivity contribution in [2.75, 3.05) is 143 Å². The molecule has 8 N–H and O–H groups in total. The molecule has 20 heteroatoms. The molecule has 6 rings (SSSR count). The number of ether oxygens (including phenoxy) is 4. The fourth-order valence-electron chi connectivity index (χ4n) is 11.0. The van der Waals surface area contributed by atoms with E-state index in [-0.39, 0.29) is 11.8 Å². The van der Waals surface area contributed by atoms with Crippen LogP contribution in [0.2, 0.25) is 0 Å². The van der Waals surface area contributed by atoms with Crippen molar-refractivity contribution in [3.05, 3.63) is 95.1 Å². The third kappa shape index (κ3) is 24.2. The van der Waals surface area contributed by atoms with E-state index < -0.39 is 0 Å². The molecule has 0 fully saturated rings. The molecule has 0 aliphatic carbocycles. The first-order valence-electron chi connectivity index (χ1n) is 33.2. The minimum atomic E-state index is 0.0637. The van der Waals surface area contributed by atoms with E-state index in [1.807, 2.05) is 96.3 Å². The van der Waals surface area contributed by atoms with Crippen LogP contribution in [0.5, 0.6) is 23.0 Å². The Morgan fingerprint density at radius 3 is 0.989 bits per heavy atom. The molecule has 0 spiro atoms. The average Bonchev–Trinajstić information content (AvgIpc) is 0.893. The van der Waals surface area contributed by atoms with Gasteiger partial charge in [0.15, 0.2) is 23.0 Å². The molecule has 0 aliphatic rings. The highest BCUT2D eigenvalue weighted by Gasteiger charge is 2.18. The predicted molar refractivity (Wildman–Crippen MR) is 369 cm³/mol. The molecule has 4 aromatic carbocycles. The number of fused-ring (bicyclic) bond motifs is 2. The minimum absolute atomic E-state index is 0.0637. The molecule has 2 heterocycles. The smallest absolute Gasteiger partial charge is 0.253 e. The van der Waals surface area contributed by atoms with Crippen molar-refractivity contribution < 1.29 is 28.5 Å². The first kappa shape index (κ1) is 71.8. The summed E-state index contributed by atoms with van der Waals surface area (Å²) < 4.78 is 21.7. The zero-order chi connectivity index (χ0) is 64.3. The van der Waals surface area contributed by atoms with Gasteiger partial charge in [0.2, 0.25) is 11.9 Å². The standard InChI is InChI=1S/C70H108N14O6/c1-81(43-25-15-17-27-45-83(3)69-77-59-49-63(89-7)61(87-5)47-57(59)65(71)79-69)67(85)55-33-29-53(30-34-55)51-75-41-23-13-11-21-39-73-37-19-9-10-20-38-74-40-22-12-14-24-42-76-52-54-31-35-56(36-32-54)68(86)82(2)44-26-16-18-28-46-84(4)70-78-60-50-64(90-8)62(88-6)48-58(60)66(72)80-70/h29-36,47-50,73-76H,9-28,37-46,51-52H2,1-8H3,(H2,71,77,79)(H2,72,78,80). The van der Waals surface area contributed by atoms with E-state index in [0.717, 1.165) is 152 Å². The fraction of sp³-hybridized carbons (Fsp3) is 0.571. The summed E-state index contributed by atoms with van der Waals surface area (Å²) in [5, 5.41) is 15.9. The van der Waals surface area contributed by atoms with E-state index in [4.69, 9.17) is 40.4 Å². The van der Waals surface area contributed by atoms with Crippen molar-refractivity contribution in [3.63, 3.8) is 0 Å². The van der Waals surface area contributed by atoms with Gasteiger partial charge < -0.3 is 71.3 Å². The molecule has 0 aliphatic heterocycles. The number of anilines is 4. The van der Waals surface area contributed by atoms with E-state index >= 15 is 0 Å². The number of rotatable bonds is 47. The molecular formula is C70H108N14O6. The highest BCUT2D eigenvalue weighted by atomic mass is 16.5. The second-order valence-corrected chi connectivity index (χ2v) is 23.9. The van der Waals surface area contributed by atoms with Crippen molar-refractivity contribution in [3.8, 4) is 23.0 Å². The number of unbranched alkanes of at least 4 members (excludes halogenated alkanes) is 15. The summed E-state index contributed by atoms with van der Waals surface area (Å²) in [6, 6.07) is 23.4. The lowest BCUT2D eigenvalue weighted by Gasteiger charge is -2.19. The Bertz CT molecular complexity index is 2840. The quantitative estimate of drug-likeness (QED) is 0.0195. The number of aromatic nitrogens is 4. The Labute approximate surface area is 537 Å². The van der Waals surface area contributed by atoms with Crippen molar-refractivity contribution in [1.29, 1.82) is 0 Å². The molecule has 0 bridgehead atoms. The van der Waals surface area contributed by atoms with E-state index in [9.17, 15) is 9.59 Å². The first-order valence-corrected chi connectivity index (χ1v) is 33.2. The van der Waals surface area contributed by atoms with Gasteiger partial charge in [0, 0.05) is 101 Å². The molecule has 6 aromatic rings. The highest BCUT2D eigenvalue weighted by Crippen LogP contribution is 2.35. The number of methoxy groups -OCH3 is 4. The summed E-state index contributed by atoms with van der Waals surface area (Å²) in [5.41, 5.74) is 17.9. The Balaban J connectivity index is 0.653. The third-order valence-electron chi connectivity index (χ3n) is 16.7. The Kier molecular flexibility index (Phi) is 32.3. The van der Waals surface area contributed by atoms with Crippen LogP contribution in [0, 0.1) is 0 Å². The van der Waals surface area contributed by atoms with Gasteiger partial charge in [-0.05, 0) is 151 Å². The van der Waals surface area contributed by atoms with Crippen LogP contribution in [0.1, 0.15) is 160 Å². The Morgan fingerprint density at radius 1 is 0.378 bits per heavy atom. The van der Waals surface area contributed by atoms with Crippen molar-refractivity contribution in [1.82, 2.24) is 51.0 Å². The van der Waals surface area contributed by atoms with E-state index in [1.54, 1.807) is 28.4 Å². The van der Waals surface area contributed by atoms with Crippen molar-refractivity contribution >= 4 is 57.2 Å². The molecular weight excluding hydrogens is 1130 g/mol. The van der Waals surface area contributed by atoms with Crippen LogP contribution in [-0.4, -0.2) is 164 Å². The molecule has 0 radical (unpaired) electrons. The van der Waals surface area contributed by atoms with Crippen LogP contribution in [0.15, 0.2) is 72.8 Å². The average molecular weight is 1240 g/mol. The minimum Gasteiger partial charge on any atom is -0.493 e. The largest absolute Gasteiger partial charge is 0.493 e. The van der Waals surface area contributed by atoms with Crippen molar-refractivity contribution in [2.24, 2.45) is 0 Å². The molecule has 2 aromatic heterocycles. The lowest BCUT2D eigenvalue weighted by molar-refractivity contribution is 0.0785. The fourth-order valence-corrected chi connectivity index (χ4v) is 11.0. The molecule has 0 atom stereocenters. The summed E-state index contributed by atoms with van der Waals surface area (Å²) >= 11 is 0. The summed E-state index contributed by atoms with van der Waals surface area (Å²) in [5.74, 6) is 4.47. The number of amides is 2. The maximum Gasteiger partial charge on any atom is 0.253 e. The summed E-state index contributed by atoms with van der Waals surface area (Å²) in [7, 11) is 14.1. The summed E-state index contributed by atoms with van der Waals surface area (Å²) in [6.45, 7) is 11.1. The van der Waals surface area contributed by atoms with Gasteiger partial charge in [0.1, 0.15) is 11.6 Å². The number of hydrogen-bond acceptors (Lipinski definition) is 18. The normalized spacial score (nSPS) is 11.3. The lowest BCUT2D eigenvalue weighted by atomic mass is 10.1. The van der Waals surface area contributed by atoms with Crippen LogP contribution >= 0.6 is 0 Å².